The first-order chi connectivity index (χ1) is 16.0. The number of aryl methyl sites for hydroxylation is 1. The predicted octanol–water partition coefficient (Wildman–Crippen LogP) is 4.09. The van der Waals surface area contributed by atoms with Gasteiger partial charge in [0.15, 0.2) is 5.13 Å². The fraction of sp³-hybridized carbons (Fsp3) is 0.190. The molecule has 1 N–H and O–H groups in total. The number of ether oxygens (including phenoxy) is 1. The van der Waals surface area contributed by atoms with E-state index in [-0.39, 0.29) is 28.7 Å². The smallest absolute Gasteiger partial charge is 0.387 e. The van der Waals surface area contributed by atoms with Crippen LogP contribution in [0.15, 0.2) is 42.5 Å². The number of rotatable bonds is 8. The minimum absolute atomic E-state index is 0.117. The van der Waals surface area contributed by atoms with Crippen LogP contribution in [0, 0.1) is 24.1 Å². The summed E-state index contributed by atoms with van der Waals surface area (Å²) in [6.07, 6.45) is 0.829. The Bertz CT molecular complexity index is 1350. The normalized spacial score (nSPS) is 11.2. The molecular weight excluding hydrogens is 493 g/mol. The van der Waals surface area contributed by atoms with Crippen LogP contribution in [0.1, 0.15) is 26.5 Å². The van der Waals surface area contributed by atoms with Crippen molar-refractivity contribution in [2.75, 3.05) is 11.2 Å². The highest BCUT2D eigenvalue weighted by atomic mass is 32.2. The van der Waals surface area contributed by atoms with Gasteiger partial charge in [0.25, 0.3) is 5.91 Å². The van der Waals surface area contributed by atoms with Gasteiger partial charge in [-0.2, -0.15) is 14.0 Å². The molecule has 3 aromatic rings. The van der Waals surface area contributed by atoms with Crippen LogP contribution in [0.3, 0.4) is 0 Å². The number of nitriles is 1. The zero-order valence-electron chi connectivity index (χ0n) is 17.8. The number of benzene rings is 2. The summed E-state index contributed by atoms with van der Waals surface area (Å²) in [6.45, 7) is -1.73. The molecule has 0 bridgehead atoms. The van der Waals surface area contributed by atoms with Gasteiger partial charge in [0, 0.05) is 22.2 Å². The lowest BCUT2D eigenvalue weighted by molar-refractivity contribution is -0.0505. The molecule has 1 heterocycles. The van der Waals surface area contributed by atoms with E-state index < -0.39 is 28.4 Å². The van der Waals surface area contributed by atoms with E-state index in [1.54, 1.807) is 24.0 Å². The lowest BCUT2D eigenvalue weighted by atomic mass is 10.1. The molecule has 34 heavy (non-hydrogen) atoms. The fourth-order valence-electron chi connectivity index (χ4n) is 2.95. The molecule has 0 spiro atoms. The molecule has 0 aliphatic heterocycles. The molecule has 1 aromatic heterocycles. The van der Waals surface area contributed by atoms with Gasteiger partial charge in [0.05, 0.1) is 24.4 Å². The molecule has 0 aliphatic rings. The Hall–Kier alpha value is -3.63. The zero-order chi connectivity index (χ0) is 25.0. The number of halogens is 3. The molecule has 3 rings (SSSR count). The minimum atomic E-state index is -3.83. The van der Waals surface area contributed by atoms with Crippen LogP contribution in [0.2, 0.25) is 0 Å². The molecule has 1 amide bonds. The Morgan fingerprint density at radius 1 is 1.26 bits per heavy atom. The van der Waals surface area contributed by atoms with Crippen LogP contribution in [0.4, 0.5) is 24.0 Å². The van der Waals surface area contributed by atoms with Crippen molar-refractivity contribution in [2.45, 2.75) is 20.1 Å². The van der Waals surface area contributed by atoms with E-state index in [0.29, 0.717) is 16.1 Å². The number of carbonyl (C=O) groups is 1. The number of sulfonamides is 1. The van der Waals surface area contributed by atoms with Crippen molar-refractivity contribution in [3.8, 4) is 11.8 Å². The Kier molecular flexibility index (Phi) is 7.43. The second-order valence-electron chi connectivity index (χ2n) is 6.98. The minimum Gasteiger partial charge on any atom is -0.434 e. The van der Waals surface area contributed by atoms with Gasteiger partial charge < -0.3 is 9.64 Å². The second kappa shape index (κ2) is 10.1. The van der Waals surface area contributed by atoms with Gasteiger partial charge in [0.2, 0.25) is 10.0 Å². The predicted molar refractivity (Wildman–Crippen MR) is 119 cm³/mol. The van der Waals surface area contributed by atoms with Crippen molar-refractivity contribution < 1.29 is 31.1 Å². The molecule has 0 saturated heterocycles. The van der Waals surface area contributed by atoms with Crippen LogP contribution in [-0.4, -0.2) is 32.2 Å². The summed E-state index contributed by atoms with van der Waals surface area (Å²) < 4.78 is 68.6. The zero-order valence-corrected chi connectivity index (χ0v) is 19.4. The Morgan fingerprint density at radius 3 is 2.53 bits per heavy atom. The Balaban J connectivity index is 2.07. The van der Waals surface area contributed by atoms with Gasteiger partial charge in [-0.25, -0.2) is 22.5 Å². The average molecular weight is 511 g/mol. The SMILES string of the molecule is Cc1sc(N(Cc2ccc(F)cc2OC(F)F)c2ccc(C#N)cc2)nc1C(=O)NS(C)(=O)=O. The summed E-state index contributed by atoms with van der Waals surface area (Å²) in [5.74, 6) is -2.07. The van der Waals surface area contributed by atoms with Crippen molar-refractivity contribution in [3.63, 3.8) is 0 Å². The molecule has 178 valence electrons. The Labute approximate surface area is 197 Å². The van der Waals surface area contributed by atoms with E-state index in [1.165, 1.54) is 18.2 Å². The van der Waals surface area contributed by atoms with Crippen LogP contribution < -0.4 is 14.4 Å². The number of thiazole rings is 1. The maximum Gasteiger partial charge on any atom is 0.387 e. The summed E-state index contributed by atoms with van der Waals surface area (Å²) in [5, 5.41) is 9.30. The number of nitrogens with zero attached hydrogens (tertiary/aromatic N) is 3. The number of hydrogen-bond donors (Lipinski definition) is 1. The number of nitrogens with one attached hydrogen (secondary N) is 1. The third kappa shape index (κ3) is 6.24. The summed E-state index contributed by atoms with van der Waals surface area (Å²) >= 11 is 1.05. The second-order valence-corrected chi connectivity index (χ2v) is 9.91. The van der Waals surface area contributed by atoms with Gasteiger partial charge in [-0.3, -0.25) is 4.79 Å². The Morgan fingerprint density at radius 2 is 1.94 bits per heavy atom. The van der Waals surface area contributed by atoms with Crippen LogP contribution in [0.25, 0.3) is 0 Å². The summed E-state index contributed by atoms with van der Waals surface area (Å²) in [7, 11) is -3.83. The van der Waals surface area contributed by atoms with Crippen molar-refractivity contribution >= 4 is 38.1 Å². The highest BCUT2D eigenvalue weighted by Crippen LogP contribution is 2.35. The standard InChI is InChI=1S/C21H17F3N4O4S2/c1-12-18(19(29)27-34(2,30)31)26-21(33-12)28(16-7-3-13(10-25)4-8-16)11-14-5-6-15(22)9-17(14)32-20(23)24/h3-9,20H,11H2,1-2H3,(H,27,29). The van der Waals surface area contributed by atoms with Gasteiger partial charge in [-0.1, -0.05) is 6.07 Å². The maximum atomic E-state index is 13.7. The number of alkyl halides is 2. The first-order valence-corrected chi connectivity index (χ1v) is 12.2. The van der Waals surface area contributed by atoms with Crippen molar-refractivity contribution in [2.24, 2.45) is 0 Å². The summed E-state index contributed by atoms with van der Waals surface area (Å²) in [6, 6.07) is 11.4. The molecule has 8 nitrogen and oxygen atoms in total. The van der Waals surface area contributed by atoms with Gasteiger partial charge in [0.1, 0.15) is 17.3 Å². The first kappa shape index (κ1) is 25.0. The van der Waals surface area contributed by atoms with Crippen LogP contribution >= 0.6 is 11.3 Å². The quantitative estimate of drug-likeness (QED) is 0.486. The van der Waals surface area contributed by atoms with E-state index in [0.717, 1.165) is 29.7 Å². The average Bonchev–Trinajstić information content (AvgIpc) is 3.13. The molecule has 2 aromatic carbocycles. The number of carbonyl (C=O) groups excluding carboxylic acids is 1. The molecular formula is C21H17F3N4O4S2. The highest BCUT2D eigenvalue weighted by molar-refractivity contribution is 7.89. The third-order valence-electron chi connectivity index (χ3n) is 4.39. The summed E-state index contributed by atoms with van der Waals surface area (Å²) in [5.41, 5.74) is 0.916. The van der Waals surface area contributed by atoms with Gasteiger partial charge in [-0.05, 0) is 37.3 Å². The largest absolute Gasteiger partial charge is 0.434 e. The van der Waals surface area contributed by atoms with Gasteiger partial charge in [-0.15, -0.1) is 11.3 Å². The van der Waals surface area contributed by atoms with E-state index in [4.69, 9.17) is 5.26 Å². The topological polar surface area (TPSA) is 112 Å². The lowest BCUT2D eigenvalue weighted by Gasteiger charge is -2.23. The first-order valence-electron chi connectivity index (χ1n) is 9.47. The van der Waals surface area contributed by atoms with E-state index in [1.807, 2.05) is 10.8 Å². The number of hydrogen-bond acceptors (Lipinski definition) is 8. The molecule has 0 unspecified atom stereocenters. The fourth-order valence-corrected chi connectivity index (χ4v) is 4.30. The summed E-state index contributed by atoms with van der Waals surface area (Å²) in [4.78, 5) is 18.6. The van der Waals surface area contributed by atoms with Crippen molar-refractivity contribution in [1.82, 2.24) is 9.71 Å². The van der Waals surface area contributed by atoms with Crippen molar-refractivity contribution in [3.05, 3.63) is 70.0 Å². The molecule has 0 atom stereocenters. The third-order valence-corrected chi connectivity index (χ3v) is 5.94. The number of aromatic nitrogens is 1. The van der Waals surface area contributed by atoms with E-state index in [2.05, 4.69) is 9.72 Å². The van der Waals surface area contributed by atoms with Crippen LogP contribution in [0.5, 0.6) is 5.75 Å². The number of anilines is 2. The molecule has 0 fully saturated rings. The van der Waals surface area contributed by atoms with E-state index >= 15 is 0 Å². The molecule has 0 radical (unpaired) electrons. The van der Waals surface area contributed by atoms with Crippen molar-refractivity contribution in [1.29, 1.82) is 5.26 Å². The highest BCUT2D eigenvalue weighted by Gasteiger charge is 2.23. The van der Waals surface area contributed by atoms with E-state index in [9.17, 15) is 26.4 Å². The monoisotopic (exact) mass is 510 g/mol. The maximum absolute atomic E-state index is 13.7. The molecule has 0 saturated carbocycles. The number of amides is 1. The molecule has 0 aliphatic carbocycles. The van der Waals surface area contributed by atoms with Crippen LogP contribution in [-0.2, 0) is 16.6 Å². The molecule has 13 heteroatoms. The van der Waals surface area contributed by atoms with Gasteiger partial charge >= 0.3 is 6.61 Å². The lowest BCUT2D eigenvalue weighted by Crippen LogP contribution is -2.30.